The van der Waals surface area contributed by atoms with Gasteiger partial charge in [0.1, 0.15) is 17.9 Å². The van der Waals surface area contributed by atoms with Crippen LogP contribution in [0.15, 0.2) is 6.07 Å². The van der Waals surface area contributed by atoms with Crippen LogP contribution in [0.3, 0.4) is 0 Å². The molecule has 0 spiro atoms. The number of hydrogen-bond donors (Lipinski definition) is 1. The Labute approximate surface area is 102 Å². The van der Waals surface area contributed by atoms with Gasteiger partial charge >= 0.3 is 0 Å². The second kappa shape index (κ2) is 5.60. The summed E-state index contributed by atoms with van der Waals surface area (Å²) in [6, 6.07) is 3.87. The largest absolute Gasteiger partial charge is 0.472 e. The van der Waals surface area contributed by atoms with Crippen molar-refractivity contribution in [3.63, 3.8) is 0 Å². The van der Waals surface area contributed by atoms with Crippen molar-refractivity contribution in [3.05, 3.63) is 11.8 Å². The molecule has 1 rings (SSSR count). The summed E-state index contributed by atoms with van der Waals surface area (Å²) in [6.07, 6.45) is -0.110. The molecular formula is C12H19N3O2. The maximum absolute atomic E-state index is 9.04. The van der Waals surface area contributed by atoms with Crippen molar-refractivity contribution in [2.24, 2.45) is 0 Å². The Kier molecular flexibility index (Phi) is 4.41. The first-order valence-corrected chi connectivity index (χ1v) is 5.57. The van der Waals surface area contributed by atoms with Gasteiger partial charge < -0.3 is 15.2 Å². The molecule has 5 nitrogen and oxygen atoms in total. The first kappa shape index (κ1) is 13.4. The lowest BCUT2D eigenvalue weighted by atomic mass is 10.3. The number of nitriles is 1. The van der Waals surface area contributed by atoms with Crippen LogP contribution in [-0.4, -0.2) is 24.4 Å². The minimum Gasteiger partial charge on any atom is -0.472 e. The van der Waals surface area contributed by atoms with Crippen molar-refractivity contribution in [2.45, 2.75) is 32.9 Å². The molecule has 0 saturated carbocycles. The fourth-order valence-electron chi connectivity index (χ4n) is 1.71. The molecule has 1 aromatic heterocycles. The summed E-state index contributed by atoms with van der Waals surface area (Å²) in [7, 11) is 1.62. The summed E-state index contributed by atoms with van der Waals surface area (Å²) in [5, 5.41) is 9.04. The Hall–Kier alpha value is -1.67. The summed E-state index contributed by atoms with van der Waals surface area (Å²) >= 11 is 0. The van der Waals surface area contributed by atoms with Crippen LogP contribution < -0.4 is 10.5 Å². The summed E-state index contributed by atoms with van der Waals surface area (Å²) in [4.78, 5) is 0. The Bertz CT molecular complexity index is 418. The van der Waals surface area contributed by atoms with E-state index in [2.05, 4.69) is 6.07 Å². The van der Waals surface area contributed by atoms with Crippen molar-refractivity contribution in [2.75, 3.05) is 19.5 Å². The molecule has 17 heavy (non-hydrogen) atoms. The first-order chi connectivity index (χ1) is 8.01. The number of nitrogens with two attached hydrogens (primary N) is 1. The van der Waals surface area contributed by atoms with Gasteiger partial charge in [0.2, 0.25) is 5.88 Å². The van der Waals surface area contributed by atoms with Gasteiger partial charge in [-0.05, 0) is 20.8 Å². The molecule has 0 radical (unpaired) electrons. The predicted octanol–water partition coefficient (Wildman–Crippen LogP) is 1.94. The summed E-state index contributed by atoms with van der Waals surface area (Å²) in [5.41, 5.74) is 6.86. The van der Waals surface area contributed by atoms with Crippen molar-refractivity contribution >= 4 is 5.69 Å². The normalized spacial score (nSPS) is 12.5. The van der Waals surface area contributed by atoms with Crippen LogP contribution in [0.25, 0.3) is 0 Å². The van der Waals surface area contributed by atoms with Gasteiger partial charge in [0, 0.05) is 19.2 Å². The number of nitrogen functional groups attached to an aromatic ring is 1. The highest BCUT2D eigenvalue weighted by Crippen LogP contribution is 2.30. The Balaban J connectivity index is 3.06. The molecule has 0 fully saturated rings. The quantitative estimate of drug-likeness (QED) is 0.849. The molecule has 0 aromatic carbocycles. The smallest absolute Gasteiger partial charge is 0.219 e. The molecule has 0 amide bonds. The van der Waals surface area contributed by atoms with Crippen molar-refractivity contribution in [3.8, 4) is 11.9 Å². The molecule has 1 heterocycles. The lowest BCUT2D eigenvalue weighted by molar-refractivity contribution is 0.0858. The molecule has 0 aliphatic rings. The molecule has 0 aliphatic carbocycles. The molecule has 0 saturated heterocycles. The molecule has 0 aliphatic heterocycles. The zero-order chi connectivity index (χ0) is 13.0. The third-order valence-corrected chi connectivity index (χ3v) is 2.36. The van der Waals surface area contributed by atoms with E-state index in [-0.39, 0.29) is 12.1 Å². The average Bonchev–Trinajstić information content (AvgIpc) is 2.56. The van der Waals surface area contributed by atoms with E-state index in [0.29, 0.717) is 23.9 Å². The van der Waals surface area contributed by atoms with Crippen LogP contribution >= 0.6 is 0 Å². The second-order valence-corrected chi connectivity index (χ2v) is 4.25. The van der Waals surface area contributed by atoms with Crippen LogP contribution in [0.1, 0.15) is 32.5 Å². The maximum Gasteiger partial charge on any atom is 0.219 e. The predicted molar refractivity (Wildman–Crippen MR) is 65.9 cm³/mol. The molecular weight excluding hydrogens is 218 g/mol. The Morgan fingerprint density at radius 2 is 2.12 bits per heavy atom. The van der Waals surface area contributed by atoms with E-state index in [1.165, 1.54) is 0 Å². The summed E-state index contributed by atoms with van der Waals surface area (Å²) in [6.45, 7) is 6.33. The van der Waals surface area contributed by atoms with Gasteiger partial charge in [0.15, 0.2) is 0 Å². The second-order valence-electron chi connectivity index (χ2n) is 4.25. The molecule has 2 N–H and O–H groups in total. The monoisotopic (exact) mass is 237 g/mol. The number of anilines is 1. The molecule has 0 unspecified atom stereocenters. The molecule has 5 heteroatoms. The van der Waals surface area contributed by atoms with Gasteiger partial charge in [-0.25, -0.2) is 0 Å². The third-order valence-electron chi connectivity index (χ3n) is 2.36. The van der Waals surface area contributed by atoms with E-state index < -0.39 is 0 Å². The van der Waals surface area contributed by atoms with Gasteiger partial charge in [0.25, 0.3) is 0 Å². The van der Waals surface area contributed by atoms with Gasteiger partial charge in [-0.1, -0.05) is 0 Å². The summed E-state index contributed by atoms with van der Waals surface area (Å²) < 4.78 is 12.5. The zero-order valence-electron chi connectivity index (χ0n) is 10.7. The molecule has 0 bridgehead atoms. The third kappa shape index (κ3) is 2.92. The number of hydrogen-bond acceptors (Lipinski definition) is 4. The molecule has 1 aromatic rings. The highest BCUT2D eigenvalue weighted by atomic mass is 16.5. The number of nitrogens with zero attached hydrogens (tertiary/aromatic N) is 2. The molecule has 94 valence electrons. The van der Waals surface area contributed by atoms with E-state index in [9.17, 15) is 0 Å². The van der Waals surface area contributed by atoms with Gasteiger partial charge in [0.05, 0.1) is 12.3 Å². The van der Waals surface area contributed by atoms with E-state index in [1.54, 1.807) is 17.7 Å². The van der Waals surface area contributed by atoms with E-state index in [4.69, 9.17) is 20.5 Å². The Morgan fingerprint density at radius 3 is 2.59 bits per heavy atom. The minimum atomic E-state index is -0.110. The van der Waals surface area contributed by atoms with Crippen molar-refractivity contribution < 1.29 is 9.47 Å². The van der Waals surface area contributed by atoms with Crippen LogP contribution in [0.4, 0.5) is 5.69 Å². The highest BCUT2D eigenvalue weighted by Gasteiger charge is 2.18. The van der Waals surface area contributed by atoms with Crippen LogP contribution in [0.5, 0.6) is 5.88 Å². The fourth-order valence-corrected chi connectivity index (χ4v) is 1.71. The standard InChI is InChI=1S/C12H19N3O2/c1-8(2)15-10(6-13)5-11(14)12(15)17-9(3)7-16-4/h5,8-9H,7,14H2,1-4H3/t9-/m1/s1. The van der Waals surface area contributed by atoms with E-state index in [1.807, 2.05) is 20.8 Å². The lowest BCUT2D eigenvalue weighted by Crippen LogP contribution is -2.21. The fraction of sp³-hybridized carbons (Fsp3) is 0.583. The highest BCUT2D eigenvalue weighted by molar-refractivity contribution is 5.55. The SMILES string of the molecule is COC[C@@H](C)Oc1c(N)cc(C#N)n1C(C)C. The number of aromatic nitrogens is 1. The van der Waals surface area contributed by atoms with E-state index >= 15 is 0 Å². The first-order valence-electron chi connectivity index (χ1n) is 5.57. The lowest BCUT2D eigenvalue weighted by Gasteiger charge is -2.19. The van der Waals surface area contributed by atoms with Gasteiger partial charge in [-0.15, -0.1) is 0 Å². The van der Waals surface area contributed by atoms with Gasteiger partial charge in [-0.3, -0.25) is 4.57 Å². The number of rotatable bonds is 5. The average molecular weight is 237 g/mol. The van der Waals surface area contributed by atoms with Crippen molar-refractivity contribution in [1.82, 2.24) is 4.57 Å². The number of ether oxygens (including phenoxy) is 2. The maximum atomic E-state index is 9.04. The molecule has 1 atom stereocenters. The Morgan fingerprint density at radius 1 is 1.47 bits per heavy atom. The summed E-state index contributed by atoms with van der Waals surface area (Å²) in [5.74, 6) is 0.543. The van der Waals surface area contributed by atoms with Crippen molar-refractivity contribution in [1.29, 1.82) is 5.26 Å². The van der Waals surface area contributed by atoms with Gasteiger partial charge in [-0.2, -0.15) is 5.26 Å². The topological polar surface area (TPSA) is 73.2 Å². The number of methoxy groups -OCH3 is 1. The van der Waals surface area contributed by atoms with E-state index in [0.717, 1.165) is 0 Å². The minimum absolute atomic E-state index is 0.110. The zero-order valence-corrected chi connectivity index (χ0v) is 10.7. The van der Waals surface area contributed by atoms with Crippen LogP contribution in [0, 0.1) is 11.3 Å². The van der Waals surface area contributed by atoms with Crippen LogP contribution in [-0.2, 0) is 4.74 Å². The van der Waals surface area contributed by atoms with Crippen LogP contribution in [0.2, 0.25) is 0 Å².